The summed E-state index contributed by atoms with van der Waals surface area (Å²) in [7, 11) is 0. The van der Waals surface area contributed by atoms with Gasteiger partial charge in [0.25, 0.3) is 5.69 Å². The van der Waals surface area contributed by atoms with E-state index in [2.05, 4.69) is 10.2 Å². The predicted octanol–water partition coefficient (Wildman–Crippen LogP) is 3.41. The van der Waals surface area contributed by atoms with E-state index >= 15 is 0 Å². The van der Waals surface area contributed by atoms with Crippen LogP contribution in [0.4, 0.5) is 5.69 Å². The summed E-state index contributed by atoms with van der Waals surface area (Å²) in [5.74, 6) is 0. The summed E-state index contributed by atoms with van der Waals surface area (Å²) in [6.45, 7) is 1.80. The topological polar surface area (TPSA) is 68.9 Å². The van der Waals surface area contributed by atoms with Crippen LogP contribution in [0.5, 0.6) is 0 Å². The minimum Gasteiger partial charge on any atom is -0.258 e. The molecule has 2 aromatic rings. The molecule has 1 aromatic carbocycles. The van der Waals surface area contributed by atoms with E-state index in [1.165, 1.54) is 23.5 Å². The fourth-order valence-corrected chi connectivity index (χ4v) is 2.21. The van der Waals surface area contributed by atoms with E-state index in [-0.39, 0.29) is 11.1 Å². The van der Waals surface area contributed by atoms with Crippen LogP contribution in [0.25, 0.3) is 10.6 Å². The molecular weight excluding hydrogens is 262 g/mol. The Morgan fingerprint density at radius 1 is 1.47 bits per heavy atom. The molecule has 0 spiro atoms. The van der Waals surface area contributed by atoms with Gasteiger partial charge in [-0.15, -0.1) is 21.8 Å². The van der Waals surface area contributed by atoms with Gasteiger partial charge in [-0.1, -0.05) is 23.5 Å². The van der Waals surface area contributed by atoms with Crippen LogP contribution in [0, 0.1) is 10.1 Å². The van der Waals surface area contributed by atoms with Crippen LogP contribution in [0.3, 0.4) is 0 Å². The van der Waals surface area contributed by atoms with Crippen LogP contribution < -0.4 is 0 Å². The van der Waals surface area contributed by atoms with Gasteiger partial charge in [0.2, 0.25) is 0 Å². The van der Waals surface area contributed by atoms with E-state index in [0.29, 0.717) is 15.6 Å². The number of hydrogen-bond acceptors (Lipinski definition) is 5. The van der Waals surface area contributed by atoms with Crippen molar-refractivity contribution in [3.63, 3.8) is 0 Å². The van der Waals surface area contributed by atoms with Crippen molar-refractivity contribution in [1.29, 1.82) is 0 Å². The summed E-state index contributed by atoms with van der Waals surface area (Å²) in [6, 6.07) is 6.30. The molecule has 88 valence electrons. The second-order valence-corrected chi connectivity index (χ2v) is 5.03. The minimum absolute atomic E-state index is 0.0400. The van der Waals surface area contributed by atoms with Crippen LogP contribution in [0.15, 0.2) is 24.3 Å². The third-order valence-corrected chi connectivity index (χ3v) is 3.58. The zero-order valence-electron chi connectivity index (χ0n) is 8.83. The second kappa shape index (κ2) is 4.77. The summed E-state index contributed by atoms with van der Waals surface area (Å²) in [5.41, 5.74) is 0.721. The lowest BCUT2D eigenvalue weighted by Gasteiger charge is -1.95. The quantitative estimate of drug-likeness (QED) is 0.486. The van der Waals surface area contributed by atoms with E-state index < -0.39 is 4.92 Å². The monoisotopic (exact) mass is 269 g/mol. The molecule has 0 amide bonds. The normalized spacial score (nSPS) is 12.4. The summed E-state index contributed by atoms with van der Waals surface area (Å²) in [5, 5.41) is 19.7. The molecule has 0 aliphatic heterocycles. The van der Waals surface area contributed by atoms with E-state index in [0.717, 1.165) is 0 Å². The van der Waals surface area contributed by atoms with Gasteiger partial charge in [-0.05, 0) is 6.92 Å². The molecule has 0 fully saturated rings. The molecule has 0 aliphatic carbocycles. The third kappa shape index (κ3) is 2.59. The van der Waals surface area contributed by atoms with Gasteiger partial charge in [0.05, 0.1) is 10.3 Å². The average molecular weight is 270 g/mol. The van der Waals surface area contributed by atoms with Gasteiger partial charge >= 0.3 is 0 Å². The van der Waals surface area contributed by atoms with Gasteiger partial charge < -0.3 is 0 Å². The van der Waals surface area contributed by atoms with E-state index in [9.17, 15) is 10.1 Å². The molecule has 1 heterocycles. The van der Waals surface area contributed by atoms with Gasteiger partial charge in [-0.3, -0.25) is 10.1 Å². The van der Waals surface area contributed by atoms with E-state index in [1.807, 2.05) is 0 Å². The number of non-ortho nitro benzene ring substituents is 1. The molecule has 7 heteroatoms. The second-order valence-electron chi connectivity index (χ2n) is 3.37. The summed E-state index contributed by atoms with van der Waals surface area (Å²) >= 11 is 7.22. The highest BCUT2D eigenvalue weighted by Crippen LogP contribution is 2.30. The van der Waals surface area contributed by atoms with Crippen LogP contribution in [0.2, 0.25) is 0 Å². The number of rotatable bonds is 3. The Morgan fingerprint density at radius 3 is 2.82 bits per heavy atom. The van der Waals surface area contributed by atoms with E-state index in [1.54, 1.807) is 19.1 Å². The van der Waals surface area contributed by atoms with Gasteiger partial charge in [0.1, 0.15) is 10.0 Å². The maximum Gasteiger partial charge on any atom is 0.270 e. The number of nitrogens with zero attached hydrogens (tertiary/aromatic N) is 3. The maximum atomic E-state index is 10.6. The van der Waals surface area contributed by atoms with Crippen LogP contribution >= 0.6 is 22.9 Å². The number of halogens is 1. The maximum absolute atomic E-state index is 10.6. The fourth-order valence-electron chi connectivity index (χ4n) is 1.26. The average Bonchev–Trinajstić information content (AvgIpc) is 2.78. The molecule has 5 nitrogen and oxygen atoms in total. The largest absolute Gasteiger partial charge is 0.270 e. The molecule has 0 aliphatic rings. The van der Waals surface area contributed by atoms with Crippen LogP contribution in [0.1, 0.15) is 17.3 Å². The number of hydrogen-bond donors (Lipinski definition) is 0. The van der Waals surface area contributed by atoms with Crippen molar-refractivity contribution in [2.75, 3.05) is 0 Å². The van der Waals surface area contributed by atoms with E-state index in [4.69, 9.17) is 11.6 Å². The lowest BCUT2D eigenvalue weighted by Crippen LogP contribution is -1.87. The Morgan fingerprint density at radius 2 is 2.24 bits per heavy atom. The first-order chi connectivity index (χ1) is 8.08. The molecular formula is C10H8ClN3O2S. The number of benzene rings is 1. The highest BCUT2D eigenvalue weighted by molar-refractivity contribution is 7.15. The molecule has 17 heavy (non-hydrogen) atoms. The molecule has 0 N–H and O–H groups in total. The number of alkyl halides is 1. The number of nitro groups is 1. The van der Waals surface area contributed by atoms with Crippen LogP contribution in [-0.4, -0.2) is 15.1 Å². The summed E-state index contributed by atoms with van der Waals surface area (Å²) in [6.07, 6.45) is 0. The van der Waals surface area contributed by atoms with Gasteiger partial charge in [0.15, 0.2) is 0 Å². The Kier molecular flexibility index (Phi) is 3.35. The van der Waals surface area contributed by atoms with Crippen molar-refractivity contribution in [3.8, 4) is 10.6 Å². The number of aromatic nitrogens is 2. The summed E-state index contributed by atoms with van der Waals surface area (Å²) in [4.78, 5) is 10.2. The van der Waals surface area contributed by atoms with Gasteiger partial charge in [0, 0.05) is 17.7 Å². The Balaban J connectivity index is 2.38. The molecule has 1 atom stereocenters. The lowest BCUT2D eigenvalue weighted by atomic mass is 10.2. The highest BCUT2D eigenvalue weighted by Gasteiger charge is 2.13. The first kappa shape index (κ1) is 11.9. The standard InChI is InChI=1S/C10H8ClN3O2S/c1-6(11)9-12-13-10(17-9)7-3-2-4-8(5-7)14(15)16/h2-6H,1H3. The molecule has 0 bridgehead atoms. The zero-order chi connectivity index (χ0) is 12.4. The zero-order valence-corrected chi connectivity index (χ0v) is 10.4. The predicted molar refractivity (Wildman–Crippen MR) is 66.3 cm³/mol. The molecule has 2 rings (SSSR count). The van der Waals surface area contributed by atoms with Crippen LogP contribution in [-0.2, 0) is 0 Å². The Bertz CT molecular complexity index is 556. The summed E-state index contributed by atoms with van der Waals surface area (Å²) < 4.78 is 0. The Labute approximate surface area is 106 Å². The van der Waals surface area contributed by atoms with Crippen molar-refractivity contribution >= 4 is 28.6 Å². The van der Waals surface area contributed by atoms with Gasteiger partial charge in [-0.2, -0.15) is 0 Å². The molecule has 0 saturated heterocycles. The van der Waals surface area contributed by atoms with Crippen molar-refractivity contribution in [1.82, 2.24) is 10.2 Å². The third-order valence-electron chi connectivity index (χ3n) is 2.08. The smallest absolute Gasteiger partial charge is 0.258 e. The molecule has 0 radical (unpaired) electrons. The minimum atomic E-state index is -0.435. The molecule has 1 aromatic heterocycles. The first-order valence-electron chi connectivity index (χ1n) is 4.80. The highest BCUT2D eigenvalue weighted by atomic mass is 35.5. The molecule has 0 saturated carbocycles. The van der Waals surface area contributed by atoms with Gasteiger partial charge in [-0.25, -0.2) is 0 Å². The fraction of sp³-hybridized carbons (Fsp3) is 0.200. The molecule has 1 unspecified atom stereocenters. The Hall–Kier alpha value is -1.53. The van der Waals surface area contributed by atoms with Crippen molar-refractivity contribution in [2.24, 2.45) is 0 Å². The lowest BCUT2D eigenvalue weighted by molar-refractivity contribution is -0.384. The number of nitro benzene ring substituents is 1. The van der Waals surface area contributed by atoms with Crippen molar-refractivity contribution in [3.05, 3.63) is 39.4 Å². The van der Waals surface area contributed by atoms with Crippen molar-refractivity contribution < 1.29 is 4.92 Å². The van der Waals surface area contributed by atoms with Crippen molar-refractivity contribution in [2.45, 2.75) is 12.3 Å². The first-order valence-corrected chi connectivity index (χ1v) is 6.05. The SMILES string of the molecule is CC(Cl)c1nnc(-c2cccc([N+](=O)[O-])c2)s1.